The number of esters is 2. The van der Waals surface area contributed by atoms with Gasteiger partial charge < -0.3 is 14.2 Å². The molecule has 0 aliphatic carbocycles. The summed E-state index contributed by atoms with van der Waals surface area (Å²) in [5.74, 6) is -0.276. The first kappa shape index (κ1) is 20.5. The third-order valence-corrected chi connectivity index (χ3v) is 3.57. The smallest absolute Gasteiger partial charge is 0.336 e. The number of hydrogen-bond donors (Lipinski definition) is 0. The number of methoxy groups -OCH3 is 1. The van der Waals surface area contributed by atoms with Crippen molar-refractivity contribution >= 4 is 28.8 Å². The molecule has 2 aromatic carbocycles. The molecule has 0 saturated carbocycles. The lowest BCUT2D eigenvalue weighted by molar-refractivity contribution is -0.134. The molecule has 0 atom stereocenters. The molecule has 0 aromatic heterocycles. The molecule has 2 rings (SSSR count). The third kappa shape index (κ3) is 6.14. The molecule has 0 fully saturated rings. The zero-order valence-electron chi connectivity index (χ0n) is 15.5. The number of fused-ring (bicyclic) bond motifs is 1. The van der Waals surface area contributed by atoms with E-state index in [0.29, 0.717) is 0 Å². The van der Waals surface area contributed by atoms with Crippen molar-refractivity contribution in [1.29, 1.82) is 0 Å². The van der Waals surface area contributed by atoms with Crippen LogP contribution in [0.15, 0.2) is 92.0 Å². The summed E-state index contributed by atoms with van der Waals surface area (Å²) in [5, 5.41) is 2.06. The van der Waals surface area contributed by atoms with E-state index in [2.05, 4.69) is 19.7 Å². The largest absolute Gasteiger partial charge is 0.497 e. The van der Waals surface area contributed by atoms with E-state index >= 15 is 0 Å². The lowest BCUT2D eigenvalue weighted by atomic mass is 10.1. The van der Waals surface area contributed by atoms with Crippen LogP contribution in [0.2, 0.25) is 0 Å². The van der Waals surface area contributed by atoms with Gasteiger partial charge in [-0.05, 0) is 52.8 Å². The molecule has 2 aromatic rings. The maximum absolute atomic E-state index is 11.9. The molecule has 0 unspecified atom stereocenters. The Balaban J connectivity index is 1.94. The number of rotatable bonds is 8. The first-order valence-corrected chi connectivity index (χ1v) is 8.29. The van der Waals surface area contributed by atoms with Crippen molar-refractivity contribution in [3.05, 3.63) is 97.5 Å². The molecule has 0 bridgehead atoms. The van der Waals surface area contributed by atoms with Gasteiger partial charge in [0.15, 0.2) is 0 Å². The van der Waals surface area contributed by atoms with Gasteiger partial charge in [0.05, 0.1) is 7.11 Å². The fraction of sp³-hybridized carbons (Fsp3) is 0.0435. The summed E-state index contributed by atoms with van der Waals surface area (Å²) < 4.78 is 15.0. The van der Waals surface area contributed by atoms with Crippen molar-refractivity contribution < 1.29 is 23.8 Å². The minimum absolute atomic E-state index is 0.0745. The molecule has 0 saturated heterocycles. The lowest BCUT2D eigenvalue weighted by Gasteiger charge is -2.04. The predicted octanol–water partition coefficient (Wildman–Crippen LogP) is 4.72. The highest BCUT2D eigenvalue weighted by atomic mass is 16.5. The second-order valence-electron chi connectivity index (χ2n) is 5.62. The Bertz CT molecular complexity index is 995. The minimum atomic E-state index is -0.631. The fourth-order valence-electron chi connectivity index (χ4n) is 2.23. The van der Waals surface area contributed by atoms with Crippen molar-refractivity contribution in [1.82, 2.24) is 0 Å². The summed E-state index contributed by atoms with van der Waals surface area (Å²) >= 11 is 0. The Hall–Kier alpha value is -3.86. The number of carbonyl (C=O) groups is 2. The van der Waals surface area contributed by atoms with Crippen LogP contribution < -0.4 is 4.74 Å². The summed E-state index contributed by atoms with van der Waals surface area (Å²) in [7, 11) is 1.62. The van der Waals surface area contributed by atoms with Gasteiger partial charge in [0.2, 0.25) is 0 Å². The van der Waals surface area contributed by atoms with Crippen molar-refractivity contribution in [2.45, 2.75) is 0 Å². The Labute approximate surface area is 163 Å². The van der Waals surface area contributed by atoms with Crippen LogP contribution in [0.25, 0.3) is 16.8 Å². The quantitative estimate of drug-likeness (QED) is 0.289. The molecule has 0 aliphatic heterocycles. The zero-order valence-corrected chi connectivity index (χ0v) is 15.5. The van der Waals surface area contributed by atoms with Gasteiger partial charge in [-0.3, -0.25) is 0 Å². The van der Waals surface area contributed by atoms with Gasteiger partial charge in [-0.1, -0.05) is 37.9 Å². The molecule has 5 heteroatoms. The van der Waals surface area contributed by atoms with Gasteiger partial charge in [0.1, 0.15) is 17.3 Å². The van der Waals surface area contributed by atoms with Gasteiger partial charge in [-0.25, -0.2) is 9.59 Å². The van der Waals surface area contributed by atoms with Gasteiger partial charge >= 0.3 is 11.9 Å². The lowest BCUT2D eigenvalue weighted by Crippen LogP contribution is -1.99. The summed E-state index contributed by atoms with van der Waals surface area (Å²) in [5.41, 5.74) is 0.848. The van der Waals surface area contributed by atoms with Crippen LogP contribution in [-0.2, 0) is 19.1 Å². The highest BCUT2D eigenvalue weighted by Gasteiger charge is 2.02. The van der Waals surface area contributed by atoms with E-state index in [1.54, 1.807) is 13.2 Å². The topological polar surface area (TPSA) is 61.8 Å². The van der Waals surface area contributed by atoms with Crippen LogP contribution in [0.1, 0.15) is 5.56 Å². The van der Waals surface area contributed by atoms with Crippen molar-refractivity contribution in [2.24, 2.45) is 0 Å². The van der Waals surface area contributed by atoms with Crippen LogP contribution in [0, 0.1) is 0 Å². The third-order valence-electron chi connectivity index (χ3n) is 3.57. The number of allylic oxidation sites excluding steroid dienone is 2. The molecule has 0 N–H and O–H groups in total. The van der Waals surface area contributed by atoms with E-state index in [0.717, 1.165) is 28.2 Å². The molecule has 0 spiro atoms. The van der Waals surface area contributed by atoms with Gasteiger partial charge in [-0.15, -0.1) is 0 Å². The Morgan fingerprint density at radius 1 is 0.857 bits per heavy atom. The van der Waals surface area contributed by atoms with Crippen molar-refractivity contribution in [3.63, 3.8) is 0 Å². The summed E-state index contributed by atoms with van der Waals surface area (Å²) in [6.07, 6.45) is 6.69. The highest BCUT2D eigenvalue weighted by Crippen LogP contribution is 2.22. The molecule has 142 valence electrons. The molecular weight excluding hydrogens is 356 g/mol. The molecule has 0 radical (unpaired) electrons. The molecule has 0 heterocycles. The van der Waals surface area contributed by atoms with Crippen molar-refractivity contribution in [3.8, 4) is 5.75 Å². The normalized spacial score (nSPS) is 10.8. The summed E-state index contributed by atoms with van der Waals surface area (Å²) in [4.78, 5) is 22.9. The maximum Gasteiger partial charge on any atom is 0.336 e. The standard InChI is InChI=1S/C23H20O5/c1-5-22(24)27-16(2)6-7-17(3)28-23(25)13-9-18-8-10-20-15-21(26-4)12-11-19(20)14-18/h5-15H,1-3H2,4H3/b7-6-,13-9-. The van der Waals surface area contributed by atoms with E-state index < -0.39 is 11.9 Å². The maximum atomic E-state index is 11.9. The van der Waals surface area contributed by atoms with Crippen LogP contribution in [-0.4, -0.2) is 19.0 Å². The summed E-state index contributed by atoms with van der Waals surface area (Å²) in [6.45, 7) is 10.4. The highest BCUT2D eigenvalue weighted by molar-refractivity contribution is 5.90. The van der Waals surface area contributed by atoms with Crippen LogP contribution in [0.3, 0.4) is 0 Å². The Kier molecular flexibility index (Phi) is 7.11. The van der Waals surface area contributed by atoms with E-state index in [-0.39, 0.29) is 11.5 Å². The SMILES string of the molecule is C=CC(=O)OC(=C)/C=C\C(=C)OC(=O)/C=C\c1ccc2cc(OC)ccc2c1. The zero-order chi connectivity index (χ0) is 20.5. The number of ether oxygens (including phenoxy) is 3. The Morgan fingerprint density at radius 2 is 1.46 bits per heavy atom. The average Bonchev–Trinajstić information content (AvgIpc) is 2.70. The van der Waals surface area contributed by atoms with Crippen molar-refractivity contribution in [2.75, 3.05) is 7.11 Å². The number of benzene rings is 2. The Morgan fingerprint density at radius 3 is 2.11 bits per heavy atom. The summed E-state index contributed by atoms with van der Waals surface area (Å²) in [6, 6.07) is 11.5. The van der Waals surface area contributed by atoms with Gasteiger partial charge in [0, 0.05) is 12.2 Å². The second kappa shape index (κ2) is 9.73. The first-order chi connectivity index (χ1) is 13.4. The predicted molar refractivity (Wildman–Crippen MR) is 109 cm³/mol. The van der Waals surface area contributed by atoms with Crippen LogP contribution >= 0.6 is 0 Å². The molecule has 0 aliphatic rings. The second-order valence-corrected chi connectivity index (χ2v) is 5.62. The molecule has 5 nitrogen and oxygen atoms in total. The monoisotopic (exact) mass is 376 g/mol. The van der Waals surface area contributed by atoms with E-state index in [1.807, 2.05) is 36.4 Å². The molecular formula is C23H20O5. The van der Waals surface area contributed by atoms with Gasteiger partial charge in [-0.2, -0.15) is 0 Å². The van der Waals surface area contributed by atoms with Crippen LogP contribution in [0.4, 0.5) is 0 Å². The van der Waals surface area contributed by atoms with Crippen LogP contribution in [0.5, 0.6) is 5.75 Å². The first-order valence-electron chi connectivity index (χ1n) is 8.29. The number of carbonyl (C=O) groups excluding carboxylic acids is 2. The van der Waals surface area contributed by atoms with E-state index in [4.69, 9.17) is 14.2 Å². The van der Waals surface area contributed by atoms with E-state index in [1.165, 1.54) is 18.2 Å². The van der Waals surface area contributed by atoms with Gasteiger partial charge in [0.25, 0.3) is 0 Å². The number of hydrogen-bond acceptors (Lipinski definition) is 5. The van der Waals surface area contributed by atoms with E-state index in [9.17, 15) is 9.59 Å². The molecule has 0 amide bonds. The fourth-order valence-corrected chi connectivity index (χ4v) is 2.23. The molecule has 28 heavy (non-hydrogen) atoms. The average molecular weight is 376 g/mol. The minimum Gasteiger partial charge on any atom is -0.497 e.